The summed E-state index contributed by atoms with van der Waals surface area (Å²) < 4.78 is 7.87. The van der Waals surface area contributed by atoms with Gasteiger partial charge in [0, 0.05) is 32.3 Å². The number of amides is 1. The Morgan fingerprint density at radius 1 is 1.19 bits per heavy atom. The number of benzene rings is 1. The standard InChI is InChI=1S/C31H33N7O4/c1-4-31(3,12-15-39)42-25-18-34-29(38-19-35-20(2)36-38)27-26(25)24(17-33-27)28(40)30(41)37-13-10-22(11-14-37)23(16-32)21-8-6-5-7-9-21/h5-9,17-19,33,39H,4,10-15H2,1-3H3. The van der Waals surface area contributed by atoms with Gasteiger partial charge in [0.15, 0.2) is 5.82 Å². The van der Waals surface area contributed by atoms with Crippen LogP contribution >= 0.6 is 0 Å². The number of hydrogen-bond acceptors (Lipinski definition) is 8. The number of likely N-dealkylation sites (tertiary alicyclic amines) is 1. The van der Waals surface area contributed by atoms with Crippen molar-refractivity contribution in [3.8, 4) is 17.6 Å². The van der Waals surface area contributed by atoms with Gasteiger partial charge in [0.05, 0.1) is 34.3 Å². The van der Waals surface area contributed by atoms with E-state index in [0.29, 0.717) is 72.6 Å². The quantitative estimate of drug-likeness (QED) is 0.174. The summed E-state index contributed by atoms with van der Waals surface area (Å²) in [5.74, 6) is -0.0131. The van der Waals surface area contributed by atoms with Crippen molar-refractivity contribution in [1.82, 2.24) is 29.6 Å². The van der Waals surface area contributed by atoms with Crippen LogP contribution in [0.15, 0.2) is 54.6 Å². The lowest BCUT2D eigenvalue weighted by atomic mass is 9.93. The number of aryl methyl sites for hydroxylation is 1. The number of pyridine rings is 1. The van der Waals surface area contributed by atoms with Gasteiger partial charge < -0.3 is 19.7 Å². The van der Waals surface area contributed by atoms with Crippen LogP contribution in [0.4, 0.5) is 0 Å². The number of hydrogen-bond donors (Lipinski definition) is 2. The predicted molar refractivity (Wildman–Crippen MR) is 156 cm³/mol. The van der Waals surface area contributed by atoms with Crippen LogP contribution < -0.4 is 4.74 Å². The Kier molecular flexibility index (Phi) is 8.17. The number of nitriles is 1. The summed E-state index contributed by atoms with van der Waals surface area (Å²) in [6.07, 6.45) is 6.53. The zero-order chi connectivity index (χ0) is 29.9. The van der Waals surface area contributed by atoms with Crippen molar-refractivity contribution in [3.05, 3.63) is 71.6 Å². The Bertz CT molecular complexity index is 1690. The molecule has 1 saturated heterocycles. The van der Waals surface area contributed by atoms with E-state index in [2.05, 4.69) is 26.1 Å². The number of nitrogens with zero attached hydrogens (tertiary/aromatic N) is 6. The van der Waals surface area contributed by atoms with Crippen LogP contribution in [0.2, 0.25) is 0 Å². The number of carbonyl (C=O) groups excluding carboxylic acids is 2. The van der Waals surface area contributed by atoms with Crippen molar-refractivity contribution in [2.45, 2.75) is 52.1 Å². The highest BCUT2D eigenvalue weighted by atomic mass is 16.5. The maximum absolute atomic E-state index is 13.8. The van der Waals surface area contributed by atoms with E-state index in [1.165, 1.54) is 28.3 Å². The second-order valence-electron chi connectivity index (χ2n) is 10.6. The van der Waals surface area contributed by atoms with Gasteiger partial charge in [-0.3, -0.25) is 9.59 Å². The van der Waals surface area contributed by atoms with Crippen LogP contribution in [-0.2, 0) is 4.79 Å². The number of carbonyl (C=O) groups is 2. The number of aromatic amines is 1. The predicted octanol–water partition coefficient (Wildman–Crippen LogP) is 4.16. The number of fused-ring (bicyclic) bond motifs is 1. The van der Waals surface area contributed by atoms with E-state index in [0.717, 1.165) is 11.1 Å². The number of ketones is 1. The molecule has 1 aliphatic rings. The van der Waals surface area contributed by atoms with Crippen LogP contribution in [0.25, 0.3) is 22.3 Å². The molecule has 2 N–H and O–H groups in total. The first-order chi connectivity index (χ1) is 20.3. The summed E-state index contributed by atoms with van der Waals surface area (Å²) in [4.78, 5) is 40.7. The minimum atomic E-state index is -0.719. The number of rotatable bonds is 9. The number of nitrogens with one attached hydrogen (secondary N) is 1. The number of aliphatic hydroxyl groups excluding tert-OH is 1. The Balaban J connectivity index is 1.47. The number of ether oxygens (including phenoxy) is 1. The molecule has 1 atom stereocenters. The molecular weight excluding hydrogens is 534 g/mol. The summed E-state index contributed by atoms with van der Waals surface area (Å²) >= 11 is 0. The van der Waals surface area contributed by atoms with Gasteiger partial charge in [-0.15, -0.1) is 0 Å². The molecule has 0 radical (unpaired) electrons. The fraction of sp³-hybridized carbons (Fsp3) is 0.355. The fourth-order valence-corrected chi connectivity index (χ4v) is 5.23. The van der Waals surface area contributed by atoms with Crippen molar-refractivity contribution < 1.29 is 19.4 Å². The van der Waals surface area contributed by atoms with Crippen molar-refractivity contribution in [2.75, 3.05) is 19.7 Å². The highest BCUT2D eigenvalue weighted by molar-refractivity contribution is 6.45. The highest BCUT2D eigenvalue weighted by Crippen LogP contribution is 2.36. The normalized spacial score (nSPS) is 14.8. The Morgan fingerprint density at radius 3 is 2.55 bits per heavy atom. The first kappa shape index (κ1) is 28.7. The minimum Gasteiger partial charge on any atom is -0.485 e. The third kappa shape index (κ3) is 5.53. The summed E-state index contributed by atoms with van der Waals surface area (Å²) in [6.45, 7) is 6.19. The Hall–Kier alpha value is -4.82. The molecule has 5 rings (SSSR count). The maximum atomic E-state index is 13.8. The molecule has 1 unspecified atom stereocenters. The van der Waals surface area contributed by atoms with Gasteiger partial charge in [0.2, 0.25) is 0 Å². The molecule has 0 aliphatic carbocycles. The van der Waals surface area contributed by atoms with Crippen molar-refractivity contribution >= 4 is 28.2 Å². The topological polar surface area (TPSA) is 150 Å². The number of aliphatic hydroxyl groups is 1. The molecule has 4 heterocycles. The molecule has 3 aromatic heterocycles. The van der Waals surface area contributed by atoms with Gasteiger partial charge in [-0.2, -0.15) is 10.4 Å². The zero-order valence-electron chi connectivity index (χ0n) is 23.9. The molecule has 4 aromatic rings. The molecule has 1 aliphatic heterocycles. The SMILES string of the molecule is CCC(C)(CCO)Oc1cnc(-n2cnc(C)n2)c2[nH]cc(C(=O)C(=O)N3CCC(=C(C#N)c4ccccc4)CC3)c12. The minimum absolute atomic E-state index is 0.0716. The number of Topliss-reactive ketones (excluding diaryl/α,β-unsaturated/α-hetero) is 1. The van der Waals surface area contributed by atoms with Gasteiger partial charge in [0.1, 0.15) is 23.5 Å². The summed E-state index contributed by atoms with van der Waals surface area (Å²) in [5, 5.41) is 24.2. The monoisotopic (exact) mass is 567 g/mol. The molecule has 216 valence electrons. The first-order valence-corrected chi connectivity index (χ1v) is 14.0. The summed E-state index contributed by atoms with van der Waals surface area (Å²) in [7, 11) is 0. The first-order valence-electron chi connectivity index (χ1n) is 14.0. The van der Waals surface area contributed by atoms with Crippen LogP contribution in [0, 0.1) is 18.3 Å². The highest BCUT2D eigenvalue weighted by Gasteiger charge is 2.32. The molecule has 1 amide bonds. The molecule has 0 saturated carbocycles. The molecule has 11 heteroatoms. The van der Waals surface area contributed by atoms with E-state index in [4.69, 9.17) is 4.74 Å². The fourth-order valence-electron chi connectivity index (χ4n) is 5.23. The molecule has 0 bridgehead atoms. The second-order valence-corrected chi connectivity index (χ2v) is 10.6. The largest absolute Gasteiger partial charge is 0.485 e. The molecular formula is C31H33N7O4. The summed E-state index contributed by atoms with van der Waals surface area (Å²) in [6, 6.07) is 11.8. The molecule has 42 heavy (non-hydrogen) atoms. The Morgan fingerprint density at radius 2 is 1.93 bits per heavy atom. The van der Waals surface area contributed by atoms with Crippen LogP contribution in [0.3, 0.4) is 0 Å². The van der Waals surface area contributed by atoms with E-state index in [9.17, 15) is 20.0 Å². The lowest BCUT2D eigenvalue weighted by molar-refractivity contribution is -0.126. The van der Waals surface area contributed by atoms with Crippen molar-refractivity contribution in [3.63, 3.8) is 0 Å². The van der Waals surface area contributed by atoms with Crippen LogP contribution in [0.5, 0.6) is 5.75 Å². The average Bonchev–Trinajstić information content (AvgIpc) is 3.65. The molecule has 11 nitrogen and oxygen atoms in total. The average molecular weight is 568 g/mol. The van der Waals surface area contributed by atoms with Crippen LogP contribution in [-0.4, -0.2) is 71.7 Å². The van der Waals surface area contributed by atoms with Crippen LogP contribution in [0.1, 0.15) is 61.3 Å². The Labute approximate surface area is 243 Å². The van der Waals surface area contributed by atoms with E-state index < -0.39 is 17.3 Å². The third-order valence-corrected chi connectivity index (χ3v) is 7.84. The zero-order valence-corrected chi connectivity index (χ0v) is 23.9. The lowest BCUT2D eigenvalue weighted by Gasteiger charge is -2.30. The van der Waals surface area contributed by atoms with Gasteiger partial charge >= 0.3 is 0 Å². The molecule has 0 spiro atoms. The maximum Gasteiger partial charge on any atom is 0.295 e. The summed E-state index contributed by atoms with van der Waals surface area (Å²) in [5.41, 5.74) is 2.37. The number of piperidine rings is 1. The molecule has 1 aromatic carbocycles. The van der Waals surface area contributed by atoms with Crippen molar-refractivity contribution in [1.29, 1.82) is 5.26 Å². The smallest absolute Gasteiger partial charge is 0.295 e. The number of aromatic nitrogens is 5. The third-order valence-electron chi connectivity index (χ3n) is 7.84. The molecule has 1 fully saturated rings. The van der Waals surface area contributed by atoms with Gasteiger partial charge in [0.25, 0.3) is 11.7 Å². The number of allylic oxidation sites excluding steroid dienone is 1. The van der Waals surface area contributed by atoms with Gasteiger partial charge in [-0.25, -0.2) is 14.6 Å². The lowest BCUT2D eigenvalue weighted by Crippen LogP contribution is -2.40. The van der Waals surface area contributed by atoms with E-state index >= 15 is 0 Å². The van der Waals surface area contributed by atoms with Gasteiger partial charge in [-0.05, 0) is 44.2 Å². The van der Waals surface area contributed by atoms with E-state index in [1.54, 1.807) is 6.92 Å². The second kappa shape index (κ2) is 12.0. The van der Waals surface area contributed by atoms with Gasteiger partial charge in [-0.1, -0.05) is 37.3 Å². The van der Waals surface area contributed by atoms with Crippen molar-refractivity contribution in [2.24, 2.45) is 0 Å². The number of H-pyrrole nitrogens is 1. The van der Waals surface area contributed by atoms with E-state index in [1.807, 2.05) is 44.2 Å². The van der Waals surface area contributed by atoms with E-state index in [-0.39, 0.29) is 12.2 Å².